The van der Waals surface area contributed by atoms with Gasteiger partial charge in [-0.2, -0.15) is 12.6 Å². The number of hydrogen-bond acceptors (Lipinski definition) is 10. The molecule has 4 rings (SSSR count). The third-order valence-electron chi connectivity index (χ3n) is 5.63. The highest BCUT2D eigenvalue weighted by molar-refractivity contribution is 9.10. The number of nitrogen functional groups attached to an aromatic ring is 1. The van der Waals surface area contributed by atoms with Crippen LogP contribution in [0, 0.1) is 12.3 Å². The molecule has 0 spiro atoms. The van der Waals surface area contributed by atoms with Gasteiger partial charge < -0.3 is 15.7 Å². The van der Waals surface area contributed by atoms with Gasteiger partial charge in [0.05, 0.1) is 21.6 Å². The fourth-order valence-electron chi connectivity index (χ4n) is 3.91. The van der Waals surface area contributed by atoms with Crippen LogP contribution in [0.1, 0.15) is 22.2 Å². The van der Waals surface area contributed by atoms with Gasteiger partial charge in [-0.05, 0) is 22.9 Å². The number of β-lactam (4-membered cyclic amide) rings is 1. The number of amides is 2. The molecular formula is C18H19BrN6O5S3. The van der Waals surface area contributed by atoms with Crippen LogP contribution in [0.15, 0.2) is 21.7 Å². The summed E-state index contributed by atoms with van der Waals surface area (Å²) in [4.78, 5) is 51.4. The lowest BCUT2D eigenvalue weighted by molar-refractivity contribution is -0.158. The highest BCUT2D eigenvalue weighted by Crippen LogP contribution is 2.51. The summed E-state index contributed by atoms with van der Waals surface area (Å²) >= 11 is 10.2. The van der Waals surface area contributed by atoms with Crippen LogP contribution >= 0.6 is 51.7 Å². The van der Waals surface area contributed by atoms with Crippen molar-refractivity contribution >= 4 is 75.1 Å². The number of aryl methyl sites for hydroxylation is 1. The van der Waals surface area contributed by atoms with Gasteiger partial charge in [0.25, 0.3) is 5.91 Å². The first kappa shape index (κ1) is 24.0. The number of thioether (sulfide) groups is 1. The van der Waals surface area contributed by atoms with Crippen LogP contribution in [0.5, 0.6) is 0 Å². The summed E-state index contributed by atoms with van der Waals surface area (Å²) in [5.74, 6) is -1.77. The molecule has 2 aliphatic heterocycles. The molecule has 3 unspecified atom stereocenters. The van der Waals surface area contributed by atoms with Crippen molar-refractivity contribution in [3.63, 3.8) is 0 Å². The third kappa shape index (κ3) is 3.84. The van der Waals surface area contributed by atoms with E-state index in [9.17, 15) is 24.3 Å². The molecule has 2 aromatic heterocycles. The predicted molar refractivity (Wildman–Crippen MR) is 130 cm³/mol. The Balaban J connectivity index is 1.64. The van der Waals surface area contributed by atoms with Crippen LogP contribution < -0.4 is 16.2 Å². The number of aliphatic carboxylic acids is 1. The number of fused-ring (bicyclic) bond motifs is 1. The summed E-state index contributed by atoms with van der Waals surface area (Å²) in [5.41, 5.74) is 3.87. The summed E-state index contributed by atoms with van der Waals surface area (Å²) in [7, 11) is 0. The molecule has 11 nitrogen and oxygen atoms in total. The largest absolute Gasteiger partial charge is 0.481 e. The Hall–Kier alpha value is -2.10. The minimum absolute atomic E-state index is 0.0795. The average molecular weight is 575 g/mol. The molecule has 33 heavy (non-hydrogen) atoms. The number of thiol groups is 1. The van der Waals surface area contributed by atoms with Crippen molar-refractivity contribution in [2.45, 2.75) is 30.5 Å². The number of hydrogen-bond donors (Lipinski definition) is 3. The van der Waals surface area contributed by atoms with E-state index in [-0.39, 0.29) is 22.5 Å². The standard InChI is InChI=1S/C18H19BrN6O5S3/c1-7-21-22-14(33-7)13(31)18(17(29)30)5-24-15(28)11(16(24)32-6-18)25(8(2)26)23-3-9(19)12(27)10(20)4-23/h3-4,11,13,16,31H,5-6,20H2,1-2H3,(H,29,30)/t11?,13?,16-,18?/m1/s1. The van der Waals surface area contributed by atoms with Gasteiger partial charge in [-0.3, -0.25) is 23.9 Å². The first-order chi connectivity index (χ1) is 15.5. The van der Waals surface area contributed by atoms with Crippen molar-refractivity contribution in [2.75, 3.05) is 23.0 Å². The van der Waals surface area contributed by atoms with Crippen LogP contribution in [0.3, 0.4) is 0 Å². The first-order valence-corrected chi connectivity index (χ1v) is 12.8. The molecule has 3 N–H and O–H groups in total. The van der Waals surface area contributed by atoms with Gasteiger partial charge >= 0.3 is 5.97 Å². The zero-order chi connectivity index (χ0) is 24.2. The van der Waals surface area contributed by atoms with Gasteiger partial charge in [-0.1, -0.05) is 0 Å². The molecule has 4 heterocycles. The molecule has 2 amide bonds. The van der Waals surface area contributed by atoms with Crippen molar-refractivity contribution in [3.05, 3.63) is 37.1 Å². The molecule has 4 atom stereocenters. The lowest BCUT2D eigenvalue weighted by Gasteiger charge is -2.56. The summed E-state index contributed by atoms with van der Waals surface area (Å²) in [6, 6.07) is -0.879. The van der Waals surface area contributed by atoms with Crippen LogP contribution in [-0.4, -0.2) is 66.4 Å². The molecule has 2 aromatic rings. The number of halogens is 1. The molecule has 176 valence electrons. The quantitative estimate of drug-likeness (QED) is 0.348. The second-order valence-corrected chi connectivity index (χ2v) is 11.5. The fourth-order valence-corrected chi connectivity index (χ4v) is 7.39. The zero-order valence-electron chi connectivity index (χ0n) is 17.3. The Morgan fingerprint density at radius 3 is 2.64 bits per heavy atom. The Morgan fingerprint density at radius 2 is 2.09 bits per heavy atom. The van der Waals surface area contributed by atoms with E-state index in [2.05, 4.69) is 38.8 Å². The Labute approximate surface area is 209 Å². The minimum Gasteiger partial charge on any atom is -0.481 e. The van der Waals surface area contributed by atoms with Gasteiger partial charge in [0.2, 0.25) is 11.3 Å². The number of anilines is 1. The van der Waals surface area contributed by atoms with Gasteiger partial charge in [0.1, 0.15) is 20.8 Å². The highest BCUT2D eigenvalue weighted by Gasteiger charge is 2.62. The number of pyridine rings is 1. The fraction of sp³-hybridized carbons (Fsp3) is 0.444. The maximum atomic E-state index is 13.2. The Bertz CT molecular complexity index is 1190. The number of carbonyl (C=O) groups is 3. The van der Waals surface area contributed by atoms with Crippen LogP contribution in [-0.2, 0) is 14.4 Å². The number of aromatic nitrogens is 3. The van der Waals surface area contributed by atoms with E-state index in [4.69, 9.17) is 5.73 Å². The second kappa shape index (κ2) is 8.60. The normalized spacial score (nSPS) is 25.2. The number of carbonyl (C=O) groups excluding carboxylic acids is 2. The molecule has 0 radical (unpaired) electrons. The monoisotopic (exact) mass is 574 g/mol. The summed E-state index contributed by atoms with van der Waals surface area (Å²) in [6.45, 7) is 2.99. The molecule has 0 aliphatic carbocycles. The third-order valence-corrected chi connectivity index (χ3v) is 9.55. The Kier molecular flexibility index (Phi) is 6.26. The van der Waals surface area contributed by atoms with E-state index in [1.165, 1.54) is 57.0 Å². The Morgan fingerprint density at radius 1 is 1.39 bits per heavy atom. The number of carboxylic acids is 1. The van der Waals surface area contributed by atoms with Crippen LogP contribution in [0.2, 0.25) is 0 Å². The van der Waals surface area contributed by atoms with E-state index in [1.807, 2.05) is 0 Å². The van der Waals surface area contributed by atoms with Gasteiger partial charge in [-0.15, -0.1) is 33.3 Å². The van der Waals surface area contributed by atoms with Crippen molar-refractivity contribution in [3.8, 4) is 0 Å². The SMILES string of the molecule is CC(=O)N(C1C(=O)N2CC(C(=O)O)(C(S)c3nnc(C)s3)CS[C@H]12)n1cc(N)c(=O)c(Br)c1. The second-order valence-electron chi connectivity index (χ2n) is 7.77. The van der Waals surface area contributed by atoms with Gasteiger partial charge in [-0.25, -0.2) is 5.01 Å². The van der Waals surface area contributed by atoms with E-state index in [1.54, 1.807) is 6.92 Å². The maximum absolute atomic E-state index is 13.2. The lowest BCUT2D eigenvalue weighted by atomic mass is 9.83. The van der Waals surface area contributed by atoms with E-state index in [0.29, 0.717) is 10.0 Å². The predicted octanol–water partition coefficient (Wildman–Crippen LogP) is 0.863. The average Bonchev–Trinajstić information content (AvgIpc) is 3.19. The topological polar surface area (TPSA) is 152 Å². The van der Waals surface area contributed by atoms with Gasteiger partial charge in [0, 0.05) is 25.4 Å². The van der Waals surface area contributed by atoms with E-state index in [0.717, 1.165) is 0 Å². The molecule has 0 saturated carbocycles. The summed E-state index contributed by atoms with van der Waals surface area (Å²) in [5, 5.41) is 19.3. The number of nitrogens with zero attached hydrogens (tertiary/aromatic N) is 5. The smallest absolute Gasteiger partial charge is 0.313 e. The number of rotatable bonds is 5. The number of carboxylic acid groups (broad SMARTS) is 1. The van der Waals surface area contributed by atoms with Crippen molar-refractivity contribution in [2.24, 2.45) is 5.41 Å². The van der Waals surface area contributed by atoms with Gasteiger partial charge in [0.15, 0.2) is 6.04 Å². The summed E-state index contributed by atoms with van der Waals surface area (Å²) < 4.78 is 1.46. The first-order valence-electron chi connectivity index (χ1n) is 9.59. The highest BCUT2D eigenvalue weighted by atomic mass is 79.9. The van der Waals surface area contributed by atoms with Crippen LogP contribution in [0.4, 0.5) is 5.69 Å². The number of nitrogens with two attached hydrogens (primary N) is 1. The van der Waals surface area contributed by atoms with Crippen LogP contribution in [0.25, 0.3) is 0 Å². The molecule has 0 aromatic carbocycles. The summed E-state index contributed by atoms with van der Waals surface area (Å²) in [6.07, 6.45) is 2.65. The van der Waals surface area contributed by atoms with E-state index < -0.39 is 45.3 Å². The molecule has 2 saturated heterocycles. The molecular weight excluding hydrogens is 556 g/mol. The van der Waals surface area contributed by atoms with E-state index >= 15 is 0 Å². The molecule has 2 aliphatic rings. The maximum Gasteiger partial charge on any atom is 0.313 e. The minimum atomic E-state index is -1.37. The zero-order valence-corrected chi connectivity index (χ0v) is 21.4. The van der Waals surface area contributed by atoms with Crippen molar-refractivity contribution in [1.82, 2.24) is 19.8 Å². The molecule has 2 fully saturated rings. The lowest BCUT2D eigenvalue weighted by Crippen LogP contribution is -2.76. The van der Waals surface area contributed by atoms with Crippen molar-refractivity contribution in [1.29, 1.82) is 0 Å². The molecule has 15 heteroatoms. The van der Waals surface area contributed by atoms with Crippen molar-refractivity contribution < 1.29 is 19.5 Å². The molecule has 0 bridgehead atoms.